The van der Waals surface area contributed by atoms with Gasteiger partial charge in [-0.3, -0.25) is 0 Å². The summed E-state index contributed by atoms with van der Waals surface area (Å²) >= 11 is 4.93. The average molecular weight is 834 g/mol. The Hall–Kier alpha value is -1.28. The maximum atomic E-state index is 3.65. The molecule has 0 saturated heterocycles. The van der Waals surface area contributed by atoms with Crippen LogP contribution in [0.5, 0.6) is 0 Å². The van der Waals surface area contributed by atoms with Gasteiger partial charge in [-0.25, -0.2) is 0 Å². The number of hydrogen-bond acceptors (Lipinski definition) is 4. The molecule has 0 atom stereocenters. The van der Waals surface area contributed by atoms with Gasteiger partial charge in [0.05, 0.1) is 0 Å². The van der Waals surface area contributed by atoms with Gasteiger partial charge >= 0.3 is 270 Å². The van der Waals surface area contributed by atoms with Gasteiger partial charge < -0.3 is 0 Å². The van der Waals surface area contributed by atoms with Crippen LogP contribution in [-0.4, -0.2) is 18.4 Å². The molecule has 49 heavy (non-hydrogen) atoms. The van der Waals surface area contributed by atoms with Gasteiger partial charge in [0.15, 0.2) is 0 Å². The van der Waals surface area contributed by atoms with Gasteiger partial charge in [0.25, 0.3) is 0 Å². The molecule has 0 saturated carbocycles. The zero-order chi connectivity index (χ0) is 34.3. The molecule has 1 aliphatic rings. The first-order valence-electron chi connectivity index (χ1n) is 19.6. The first-order valence-corrected chi connectivity index (χ1v) is 29.8. The van der Waals surface area contributed by atoms with Crippen LogP contribution in [-0.2, 0) is 12.8 Å². The van der Waals surface area contributed by atoms with Gasteiger partial charge in [0, 0.05) is 0 Å². The predicted octanol–water partition coefficient (Wildman–Crippen LogP) is 13.7. The zero-order valence-corrected chi connectivity index (χ0v) is 36.9. The Bertz CT molecular complexity index is 1580. The van der Waals surface area contributed by atoms with Gasteiger partial charge in [-0.1, -0.05) is 52.4 Å². The second kappa shape index (κ2) is 20.7. The Labute approximate surface area is 319 Å². The predicted molar refractivity (Wildman–Crippen MR) is 227 cm³/mol. The van der Waals surface area contributed by atoms with Crippen LogP contribution in [0.25, 0.3) is 9.75 Å². The van der Waals surface area contributed by atoms with Gasteiger partial charge in [-0.15, -0.1) is 0 Å². The third kappa shape index (κ3) is 10.9. The van der Waals surface area contributed by atoms with Crippen molar-refractivity contribution >= 4 is 70.9 Å². The van der Waals surface area contributed by atoms with Gasteiger partial charge in [-0.2, -0.15) is 0 Å². The van der Waals surface area contributed by atoms with E-state index < -0.39 is 18.4 Å². The minimum atomic E-state index is -2.84. The Morgan fingerprint density at radius 3 is 1.24 bits per heavy atom. The quantitative estimate of drug-likeness (QED) is 0.0473. The monoisotopic (exact) mass is 834 g/mol. The van der Waals surface area contributed by atoms with Gasteiger partial charge in [0.2, 0.25) is 0 Å². The van der Waals surface area contributed by atoms with E-state index in [-0.39, 0.29) is 0 Å². The summed E-state index contributed by atoms with van der Waals surface area (Å²) in [6.45, 7) is 9.32. The van der Waals surface area contributed by atoms with E-state index in [9.17, 15) is 0 Å². The molecule has 1 aliphatic heterocycles. The van der Waals surface area contributed by atoms with Crippen molar-refractivity contribution in [2.45, 2.75) is 152 Å². The fourth-order valence-corrected chi connectivity index (χ4v) is 31.4. The van der Waals surface area contributed by atoms with E-state index in [1.807, 2.05) is 45.3 Å². The van der Waals surface area contributed by atoms with Crippen LogP contribution in [0.2, 0.25) is 8.87 Å². The molecule has 0 bridgehead atoms. The Balaban J connectivity index is 1.32. The second-order valence-electron chi connectivity index (χ2n) is 14.1. The van der Waals surface area contributed by atoms with Crippen molar-refractivity contribution in [1.82, 2.24) is 0 Å². The van der Waals surface area contributed by atoms with Crippen molar-refractivity contribution in [1.29, 1.82) is 0 Å². The van der Waals surface area contributed by atoms with Crippen LogP contribution in [0.1, 0.15) is 160 Å². The molecule has 0 N–H and O–H groups in total. The SMILES string of the molecule is CCCCCCCCc1ccc(C#Cc2c[c]3c(s2)-c2sc(C#Cc4ccc(CCCCCCCC)s4)c[c]2[Sn]3([CH2]CCC)[CH2]CCC)s1. The summed E-state index contributed by atoms with van der Waals surface area (Å²) in [5.74, 6) is 14.5. The van der Waals surface area contributed by atoms with Crippen molar-refractivity contribution in [3.8, 4) is 33.4 Å². The van der Waals surface area contributed by atoms with Crippen molar-refractivity contribution in [2.24, 2.45) is 0 Å². The van der Waals surface area contributed by atoms with Gasteiger partial charge in [-0.05, 0) is 0 Å². The summed E-state index contributed by atoms with van der Waals surface area (Å²) in [6.07, 6.45) is 23.9. The zero-order valence-electron chi connectivity index (χ0n) is 30.7. The van der Waals surface area contributed by atoms with Gasteiger partial charge in [0.1, 0.15) is 0 Å². The number of hydrogen-bond donors (Lipinski definition) is 0. The number of unbranched alkanes of at least 4 members (excludes halogenated alkanes) is 12. The summed E-state index contributed by atoms with van der Waals surface area (Å²) < 4.78 is 6.38. The second-order valence-corrected chi connectivity index (χ2v) is 30.6. The van der Waals surface area contributed by atoms with Crippen molar-refractivity contribution in [3.63, 3.8) is 0 Å². The van der Waals surface area contributed by atoms with Crippen LogP contribution < -0.4 is 7.16 Å². The average Bonchev–Trinajstić information content (AvgIpc) is 3.94. The molecular formula is C44H58S4Sn. The molecule has 5 heteroatoms. The molecular weight excluding hydrogens is 775 g/mol. The van der Waals surface area contributed by atoms with E-state index in [4.69, 9.17) is 0 Å². The topological polar surface area (TPSA) is 0 Å². The third-order valence-corrected chi connectivity index (χ3v) is 30.6. The summed E-state index contributed by atoms with van der Waals surface area (Å²) in [7, 11) is 0. The summed E-state index contributed by atoms with van der Waals surface area (Å²) in [4.78, 5) is 11.1. The normalized spacial score (nSPS) is 12.7. The van der Waals surface area contributed by atoms with Crippen LogP contribution in [0.4, 0.5) is 0 Å². The molecule has 0 fully saturated rings. The Morgan fingerprint density at radius 2 is 0.816 bits per heavy atom. The molecule has 5 heterocycles. The summed E-state index contributed by atoms with van der Waals surface area (Å²) in [6, 6.07) is 14.3. The number of aryl methyl sites for hydroxylation is 2. The maximum absolute atomic E-state index is 3.65. The van der Waals surface area contributed by atoms with Crippen LogP contribution in [0.15, 0.2) is 36.4 Å². The fraction of sp³-hybridized carbons (Fsp3) is 0.545. The molecule has 0 nitrogen and oxygen atoms in total. The summed E-state index contributed by atoms with van der Waals surface area (Å²) in [5.41, 5.74) is 0. The molecule has 0 aliphatic carbocycles. The fourth-order valence-electron chi connectivity index (χ4n) is 7.28. The third-order valence-electron chi connectivity index (χ3n) is 10.1. The number of thiophene rings is 4. The first-order chi connectivity index (χ1) is 24.1. The van der Waals surface area contributed by atoms with Crippen molar-refractivity contribution in [2.75, 3.05) is 0 Å². The Kier molecular flexibility index (Phi) is 16.4. The van der Waals surface area contributed by atoms with E-state index in [1.54, 1.807) is 16.9 Å². The molecule has 0 aromatic carbocycles. The summed E-state index contributed by atoms with van der Waals surface area (Å²) in [5, 5.41) is 0. The first kappa shape index (κ1) is 38.9. The number of rotatable bonds is 20. The molecule has 0 radical (unpaired) electrons. The molecule has 262 valence electrons. The molecule has 5 rings (SSSR count). The molecule has 0 amide bonds. The Morgan fingerprint density at radius 1 is 0.429 bits per heavy atom. The van der Waals surface area contributed by atoms with E-state index in [0.29, 0.717) is 0 Å². The van der Waals surface area contributed by atoms with E-state index in [1.165, 1.54) is 154 Å². The molecule has 4 aromatic heterocycles. The van der Waals surface area contributed by atoms with Crippen LogP contribution in [0.3, 0.4) is 0 Å². The van der Waals surface area contributed by atoms with E-state index >= 15 is 0 Å². The molecule has 4 aromatic rings. The van der Waals surface area contributed by atoms with E-state index in [2.05, 4.69) is 87.8 Å². The van der Waals surface area contributed by atoms with E-state index in [0.717, 1.165) is 0 Å². The van der Waals surface area contributed by atoms with Crippen LogP contribution in [0, 0.1) is 23.7 Å². The minimum absolute atomic E-state index is 1.21. The van der Waals surface area contributed by atoms with Crippen LogP contribution >= 0.6 is 45.3 Å². The standard InChI is InChI=1S/C36H40S4.2C4H9.Sn/c1-3-5-7-9-11-13-15-29-17-19-31(37-29)21-23-33-25-27-35(39-33)36-28-26-34(40-36)24-22-32-20-18-30(38-32)16-14-12-10-8-6-4-2;2*1-3-4-2;/h17-20,25-26H,3-16H2,1-2H3;2*1,3-4H2,2H3;. The molecule has 0 spiro atoms. The van der Waals surface area contributed by atoms with Crippen molar-refractivity contribution < 1.29 is 0 Å². The number of fused-ring (bicyclic) bond motifs is 3. The molecule has 0 unspecified atom stereocenters. The van der Waals surface area contributed by atoms with Crippen molar-refractivity contribution in [3.05, 3.63) is 65.7 Å².